The SMILES string of the molecule is CCCCCCCCCCCC=NNC(=O)C(=O)NN=CCCCCCCCCCCC. The van der Waals surface area contributed by atoms with Crippen molar-refractivity contribution in [2.24, 2.45) is 10.2 Å². The lowest BCUT2D eigenvalue weighted by Crippen LogP contribution is -2.35. The molecule has 2 amide bonds. The maximum Gasteiger partial charge on any atom is 0.331 e. The lowest BCUT2D eigenvalue weighted by atomic mass is 10.1. The second-order valence-corrected chi connectivity index (χ2v) is 8.74. The van der Waals surface area contributed by atoms with Crippen LogP contribution < -0.4 is 10.9 Å². The molecule has 0 aromatic heterocycles. The molecule has 0 aliphatic rings. The molecule has 0 bridgehead atoms. The highest BCUT2D eigenvalue weighted by atomic mass is 16.2. The van der Waals surface area contributed by atoms with Crippen molar-refractivity contribution in [1.29, 1.82) is 0 Å². The van der Waals surface area contributed by atoms with Crippen LogP contribution in [0.3, 0.4) is 0 Å². The van der Waals surface area contributed by atoms with Gasteiger partial charge in [0.25, 0.3) is 0 Å². The topological polar surface area (TPSA) is 82.9 Å². The summed E-state index contributed by atoms with van der Waals surface area (Å²) in [4.78, 5) is 23.3. The highest BCUT2D eigenvalue weighted by molar-refractivity contribution is 6.35. The molecule has 0 saturated carbocycles. The van der Waals surface area contributed by atoms with Gasteiger partial charge in [0.1, 0.15) is 0 Å². The summed E-state index contributed by atoms with van der Waals surface area (Å²) in [5.41, 5.74) is 4.50. The zero-order chi connectivity index (χ0) is 23.5. The van der Waals surface area contributed by atoms with Crippen LogP contribution in [-0.4, -0.2) is 24.2 Å². The number of unbranched alkanes of at least 4 members (excludes halogenated alkanes) is 18. The van der Waals surface area contributed by atoms with E-state index < -0.39 is 11.8 Å². The standard InChI is InChI=1S/C26H50N4O2/c1-3-5-7-9-11-13-15-17-19-21-23-27-29-25(31)26(32)30-28-24-22-20-18-16-14-12-10-8-6-4-2/h23-24H,3-22H2,1-2H3,(H,29,31)(H,30,32). The number of nitrogens with zero attached hydrogens (tertiary/aromatic N) is 2. The fraction of sp³-hybridized carbons (Fsp3) is 0.846. The van der Waals surface area contributed by atoms with Gasteiger partial charge >= 0.3 is 11.8 Å². The van der Waals surface area contributed by atoms with Crippen LogP contribution in [0.1, 0.15) is 142 Å². The van der Waals surface area contributed by atoms with E-state index in [2.05, 4.69) is 34.9 Å². The molecule has 0 aliphatic heterocycles. The van der Waals surface area contributed by atoms with Crippen LogP contribution in [0.5, 0.6) is 0 Å². The first-order chi connectivity index (χ1) is 15.7. The summed E-state index contributed by atoms with van der Waals surface area (Å²) in [6, 6.07) is 0. The van der Waals surface area contributed by atoms with Gasteiger partial charge in [-0.1, -0.05) is 117 Å². The molecule has 0 radical (unpaired) electrons. The van der Waals surface area contributed by atoms with Crippen molar-refractivity contribution in [1.82, 2.24) is 10.9 Å². The van der Waals surface area contributed by atoms with Crippen LogP contribution in [0.15, 0.2) is 10.2 Å². The fourth-order valence-electron chi connectivity index (χ4n) is 3.53. The Morgan fingerprint density at radius 1 is 0.500 bits per heavy atom. The molecule has 2 N–H and O–H groups in total. The van der Waals surface area contributed by atoms with Crippen LogP contribution in [0.25, 0.3) is 0 Å². The Morgan fingerprint density at radius 3 is 1.09 bits per heavy atom. The number of nitrogens with one attached hydrogen (secondary N) is 2. The molecular formula is C26H50N4O2. The minimum atomic E-state index is -0.784. The molecule has 186 valence electrons. The van der Waals surface area contributed by atoms with Gasteiger partial charge in [-0.15, -0.1) is 0 Å². The third kappa shape index (κ3) is 23.0. The quantitative estimate of drug-likeness (QED) is 0.0803. The first-order valence-electron chi connectivity index (χ1n) is 13.4. The van der Waals surface area contributed by atoms with E-state index in [1.165, 1.54) is 103 Å². The second kappa shape index (κ2) is 25.5. The number of carbonyl (C=O) groups excluding carboxylic acids is 2. The lowest BCUT2D eigenvalue weighted by Gasteiger charge is -2.01. The summed E-state index contributed by atoms with van der Waals surface area (Å²) in [5, 5.41) is 7.66. The summed E-state index contributed by atoms with van der Waals surface area (Å²) in [6.45, 7) is 4.48. The Morgan fingerprint density at radius 2 is 0.781 bits per heavy atom. The van der Waals surface area contributed by atoms with Crippen LogP contribution in [0, 0.1) is 0 Å². The minimum absolute atomic E-state index is 0.784. The second-order valence-electron chi connectivity index (χ2n) is 8.74. The minimum Gasteiger partial charge on any atom is -0.262 e. The predicted molar refractivity (Wildman–Crippen MR) is 137 cm³/mol. The number of rotatable bonds is 22. The normalized spacial score (nSPS) is 11.4. The molecule has 0 spiro atoms. The van der Waals surface area contributed by atoms with E-state index in [9.17, 15) is 9.59 Å². The molecule has 0 saturated heterocycles. The average Bonchev–Trinajstić information content (AvgIpc) is 2.80. The molecule has 0 atom stereocenters. The van der Waals surface area contributed by atoms with E-state index >= 15 is 0 Å². The number of amides is 2. The van der Waals surface area contributed by atoms with Gasteiger partial charge in [-0.2, -0.15) is 10.2 Å². The highest BCUT2D eigenvalue weighted by Gasteiger charge is 2.10. The molecule has 0 heterocycles. The highest BCUT2D eigenvalue weighted by Crippen LogP contribution is 2.11. The van der Waals surface area contributed by atoms with Crippen molar-refractivity contribution < 1.29 is 9.59 Å². The molecule has 0 aromatic rings. The van der Waals surface area contributed by atoms with E-state index in [4.69, 9.17) is 0 Å². The molecule has 0 rings (SSSR count). The first kappa shape index (κ1) is 30.3. The van der Waals surface area contributed by atoms with Gasteiger partial charge in [0.2, 0.25) is 0 Å². The summed E-state index contributed by atoms with van der Waals surface area (Å²) >= 11 is 0. The van der Waals surface area contributed by atoms with Crippen molar-refractivity contribution in [2.75, 3.05) is 0 Å². The van der Waals surface area contributed by atoms with Crippen LogP contribution >= 0.6 is 0 Å². The summed E-state index contributed by atoms with van der Waals surface area (Å²) in [7, 11) is 0. The molecule has 0 aromatic carbocycles. The molecule has 32 heavy (non-hydrogen) atoms. The molecular weight excluding hydrogens is 400 g/mol. The Labute approximate surface area is 197 Å². The third-order valence-electron chi connectivity index (χ3n) is 5.59. The number of hydrazone groups is 2. The van der Waals surface area contributed by atoms with Gasteiger partial charge in [-0.3, -0.25) is 9.59 Å². The van der Waals surface area contributed by atoms with Crippen molar-refractivity contribution in [3.05, 3.63) is 0 Å². The summed E-state index contributed by atoms with van der Waals surface area (Å²) in [6.07, 6.45) is 28.0. The number of hydrogen-bond acceptors (Lipinski definition) is 4. The smallest absolute Gasteiger partial charge is 0.262 e. The lowest BCUT2D eigenvalue weighted by molar-refractivity contribution is -0.139. The van der Waals surface area contributed by atoms with Crippen molar-refractivity contribution >= 4 is 24.2 Å². The number of carbonyl (C=O) groups is 2. The van der Waals surface area contributed by atoms with Gasteiger partial charge < -0.3 is 0 Å². The molecule has 6 heteroatoms. The largest absolute Gasteiger partial charge is 0.331 e. The van der Waals surface area contributed by atoms with E-state index in [0.29, 0.717) is 0 Å². The Bertz CT molecular complexity index is 448. The third-order valence-corrected chi connectivity index (χ3v) is 5.59. The Balaban J connectivity index is 3.49. The van der Waals surface area contributed by atoms with E-state index in [1.54, 1.807) is 12.4 Å². The van der Waals surface area contributed by atoms with Gasteiger partial charge in [-0.05, 0) is 25.7 Å². The van der Waals surface area contributed by atoms with E-state index in [-0.39, 0.29) is 0 Å². The zero-order valence-electron chi connectivity index (χ0n) is 21.0. The van der Waals surface area contributed by atoms with E-state index in [1.807, 2.05) is 0 Å². The Kier molecular flexibility index (Phi) is 24.2. The zero-order valence-corrected chi connectivity index (χ0v) is 21.0. The maximum absolute atomic E-state index is 11.6. The van der Waals surface area contributed by atoms with Crippen LogP contribution in [-0.2, 0) is 9.59 Å². The predicted octanol–water partition coefficient (Wildman–Crippen LogP) is 7.03. The monoisotopic (exact) mass is 450 g/mol. The van der Waals surface area contributed by atoms with E-state index in [0.717, 1.165) is 25.7 Å². The van der Waals surface area contributed by atoms with Crippen molar-refractivity contribution in [2.45, 2.75) is 142 Å². The number of hydrogen-bond donors (Lipinski definition) is 2. The van der Waals surface area contributed by atoms with Crippen LogP contribution in [0.4, 0.5) is 0 Å². The molecule has 0 fully saturated rings. The average molecular weight is 451 g/mol. The van der Waals surface area contributed by atoms with Gasteiger partial charge in [-0.25, -0.2) is 10.9 Å². The molecule has 0 unspecified atom stereocenters. The summed E-state index contributed by atoms with van der Waals surface area (Å²) < 4.78 is 0. The van der Waals surface area contributed by atoms with Gasteiger partial charge in [0.15, 0.2) is 0 Å². The van der Waals surface area contributed by atoms with Gasteiger partial charge in [0.05, 0.1) is 0 Å². The van der Waals surface area contributed by atoms with Crippen molar-refractivity contribution in [3.8, 4) is 0 Å². The van der Waals surface area contributed by atoms with Gasteiger partial charge in [0, 0.05) is 12.4 Å². The molecule has 6 nitrogen and oxygen atoms in total. The Hall–Kier alpha value is -1.72. The first-order valence-corrected chi connectivity index (χ1v) is 13.4. The fourth-order valence-corrected chi connectivity index (χ4v) is 3.53. The maximum atomic E-state index is 11.6. The summed E-state index contributed by atoms with van der Waals surface area (Å²) in [5.74, 6) is -1.57. The van der Waals surface area contributed by atoms with Crippen LogP contribution in [0.2, 0.25) is 0 Å². The molecule has 0 aliphatic carbocycles. The van der Waals surface area contributed by atoms with Crippen molar-refractivity contribution in [3.63, 3.8) is 0 Å².